The third-order valence-corrected chi connectivity index (χ3v) is 6.47. The van der Waals surface area contributed by atoms with E-state index in [1.807, 2.05) is 17.4 Å². The quantitative estimate of drug-likeness (QED) is 0.659. The highest BCUT2D eigenvalue weighted by Gasteiger charge is 2.30. The first-order chi connectivity index (χ1) is 13.5. The number of hydrogen-bond acceptors (Lipinski definition) is 3. The molecule has 3 nitrogen and oxygen atoms in total. The van der Waals surface area contributed by atoms with Gasteiger partial charge >= 0.3 is 0 Å². The highest BCUT2D eigenvalue weighted by molar-refractivity contribution is 7.10. The van der Waals surface area contributed by atoms with Crippen LogP contribution >= 0.6 is 11.3 Å². The summed E-state index contributed by atoms with van der Waals surface area (Å²) in [5, 5.41) is 5.33. The molecule has 0 bridgehead atoms. The minimum absolute atomic E-state index is 0.0506. The van der Waals surface area contributed by atoms with Gasteiger partial charge in [0.1, 0.15) is 0 Å². The molecular formula is C24H26N2OS. The predicted molar refractivity (Wildman–Crippen MR) is 117 cm³/mol. The van der Waals surface area contributed by atoms with Gasteiger partial charge in [-0.1, -0.05) is 48.0 Å². The minimum Gasteiger partial charge on any atom is -0.324 e. The van der Waals surface area contributed by atoms with E-state index in [1.54, 1.807) is 0 Å². The second-order valence-electron chi connectivity index (χ2n) is 7.65. The van der Waals surface area contributed by atoms with E-state index in [2.05, 4.69) is 78.8 Å². The fraction of sp³-hybridized carbons (Fsp3) is 0.292. The summed E-state index contributed by atoms with van der Waals surface area (Å²) in [4.78, 5) is 16.7. The smallest absolute Gasteiger partial charge is 0.238 e. The van der Waals surface area contributed by atoms with Gasteiger partial charge in [0.25, 0.3) is 0 Å². The molecule has 0 saturated heterocycles. The molecule has 1 N–H and O–H groups in total. The molecule has 2 aromatic carbocycles. The molecule has 28 heavy (non-hydrogen) atoms. The number of thiophene rings is 1. The maximum Gasteiger partial charge on any atom is 0.238 e. The lowest BCUT2D eigenvalue weighted by molar-refractivity contribution is -0.117. The third kappa shape index (κ3) is 3.75. The van der Waals surface area contributed by atoms with E-state index in [1.165, 1.54) is 21.6 Å². The van der Waals surface area contributed by atoms with Crippen molar-refractivity contribution in [1.29, 1.82) is 0 Å². The number of aryl methyl sites for hydroxylation is 3. The number of anilines is 1. The fourth-order valence-corrected chi connectivity index (χ4v) is 5.21. The molecule has 1 aromatic heterocycles. The summed E-state index contributed by atoms with van der Waals surface area (Å²) in [7, 11) is 0. The van der Waals surface area contributed by atoms with Crippen molar-refractivity contribution in [2.75, 3.05) is 18.4 Å². The predicted octanol–water partition coefficient (Wildman–Crippen LogP) is 5.26. The molecule has 1 aliphatic heterocycles. The zero-order valence-electron chi connectivity index (χ0n) is 16.7. The highest BCUT2D eigenvalue weighted by atomic mass is 32.1. The Kier molecular flexibility index (Phi) is 5.33. The minimum atomic E-state index is 0.0506. The maximum atomic E-state index is 12.9. The average Bonchev–Trinajstić information content (AvgIpc) is 3.14. The van der Waals surface area contributed by atoms with Crippen LogP contribution in [0.1, 0.15) is 38.7 Å². The molecule has 4 heteroatoms. The second kappa shape index (κ2) is 7.90. The van der Waals surface area contributed by atoms with Crippen LogP contribution in [0.3, 0.4) is 0 Å². The maximum absolute atomic E-state index is 12.9. The van der Waals surface area contributed by atoms with E-state index < -0.39 is 0 Å². The molecule has 1 aliphatic rings. The zero-order chi connectivity index (χ0) is 19.7. The van der Waals surface area contributed by atoms with Crippen molar-refractivity contribution in [1.82, 2.24) is 4.90 Å². The van der Waals surface area contributed by atoms with Crippen molar-refractivity contribution in [3.63, 3.8) is 0 Å². The van der Waals surface area contributed by atoms with Gasteiger partial charge in [-0.3, -0.25) is 9.69 Å². The van der Waals surface area contributed by atoms with Gasteiger partial charge < -0.3 is 5.32 Å². The van der Waals surface area contributed by atoms with Gasteiger partial charge in [0.15, 0.2) is 0 Å². The van der Waals surface area contributed by atoms with E-state index in [4.69, 9.17) is 0 Å². The Labute approximate surface area is 171 Å². The Hall–Kier alpha value is -2.43. The molecular weight excluding hydrogens is 364 g/mol. The molecule has 1 amide bonds. The molecule has 144 valence electrons. The Morgan fingerprint density at radius 1 is 1.11 bits per heavy atom. The molecule has 3 aromatic rings. The van der Waals surface area contributed by atoms with Gasteiger partial charge in [-0.15, -0.1) is 11.3 Å². The molecule has 4 rings (SSSR count). The number of nitrogens with one attached hydrogen (secondary N) is 1. The summed E-state index contributed by atoms with van der Waals surface area (Å²) in [5.41, 5.74) is 6.99. The van der Waals surface area contributed by atoms with E-state index in [9.17, 15) is 4.79 Å². The van der Waals surface area contributed by atoms with Crippen LogP contribution in [-0.2, 0) is 11.2 Å². The number of carbonyl (C=O) groups excluding carboxylic acids is 1. The standard InChI is InChI=1S/C24H26N2OS/c1-16-13-17(2)23(18(3)14-16)25-22(27)15-26-11-9-21-20(10-12-28-21)24(26)19-7-5-4-6-8-19/h4-8,10,12-14,24H,9,11,15H2,1-3H3,(H,25,27). The lowest BCUT2D eigenvalue weighted by Gasteiger charge is -2.35. The van der Waals surface area contributed by atoms with Crippen molar-refractivity contribution in [2.24, 2.45) is 0 Å². The van der Waals surface area contributed by atoms with Gasteiger partial charge in [-0.05, 0) is 60.9 Å². The largest absolute Gasteiger partial charge is 0.324 e. The van der Waals surface area contributed by atoms with Crippen molar-refractivity contribution >= 4 is 22.9 Å². The number of amides is 1. The molecule has 0 spiro atoms. The third-order valence-electron chi connectivity index (χ3n) is 5.47. The van der Waals surface area contributed by atoms with Crippen LogP contribution in [0.15, 0.2) is 53.9 Å². The molecule has 1 atom stereocenters. The molecule has 0 saturated carbocycles. The number of hydrogen-bond donors (Lipinski definition) is 1. The second-order valence-corrected chi connectivity index (χ2v) is 8.66. The van der Waals surface area contributed by atoms with Crippen LogP contribution in [-0.4, -0.2) is 23.9 Å². The van der Waals surface area contributed by atoms with Gasteiger partial charge in [-0.25, -0.2) is 0 Å². The van der Waals surface area contributed by atoms with Gasteiger partial charge in [-0.2, -0.15) is 0 Å². The first-order valence-corrected chi connectivity index (χ1v) is 10.6. The Morgan fingerprint density at radius 2 is 1.82 bits per heavy atom. The van der Waals surface area contributed by atoms with Crippen LogP contribution in [0, 0.1) is 20.8 Å². The van der Waals surface area contributed by atoms with E-state index in [-0.39, 0.29) is 11.9 Å². The average molecular weight is 391 g/mol. The van der Waals surface area contributed by atoms with Crippen LogP contribution in [0.2, 0.25) is 0 Å². The van der Waals surface area contributed by atoms with Crippen LogP contribution in [0.25, 0.3) is 0 Å². The highest BCUT2D eigenvalue weighted by Crippen LogP contribution is 2.37. The summed E-state index contributed by atoms with van der Waals surface area (Å²) < 4.78 is 0. The van der Waals surface area contributed by atoms with Crippen LogP contribution in [0.4, 0.5) is 5.69 Å². The van der Waals surface area contributed by atoms with Gasteiger partial charge in [0, 0.05) is 17.1 Å². The summed E-state index contributed by atoms with van der Waals surface area (Å²) >= 11 is 1.83. The monoisotopic (exact) mass is 390 g/mol. The Bertz CT molecular complexity index is 970. The number of carbonyl (C=O) groups is 1. The number of benzene rings is 2. The van der Waals surface area contributed by atoms with Crippen molar-refractivity contribution in [3.8, 4) is 0 Å². The summed E-state index contributed by atoms with van der Waals surface area (Å²) in [6.45, 7) is 7.48. The lowest BCUT2D eigenvalue weighted by Crippen LogP contribution is -2.40. The number of nitrogens with zero attached hydrogens (tertiary/aromatic N) is 1. The Morgan fingerprint density at radius 3 is 2.54 bits per heavy atom. The summed E-state index contributed by atoms with van der Waals surface area (Å²) in [6.07, 6.45) is 1.01. The topological polar surface area (TPSA) is 32.3 Å². The number of fused-ring (bicyclic) bond motifs is 1. The fourth-order valence-electron chi connectivity index (χ4n) is 4.30. The SMILES string of the molecule is Cc1cc(C)c(NC(=O)CN2CCc3sccc3C2c2ccccc2)c(C)c1. The molecule has 1 unspecified atom stereocenters. The van der Waals surface area contributed by atoms with Gasteiger partial charge in [0.05, 0.1) is 12.6 Å². The van der Waals surface area contributed by atoms with Crippen LogP contribution in [0.5, 0.6) is 0 Å². The Balaban J connectivity index is 1.57. The first-order valence-electron chi connectivity index (χ1n) is 9.76. The van der Waals surface area contributed by atoms with Crippen molar-refractivity contribution < 1.29 is 4.79 Å². The van der Waals surface area contributed by atoms with Crippen molar-refractivity contribution in [3.05, 3.63) is 86.6 Å². The van der Waals surface area contributed by atoms with E-state index in [0.29, 0.717) is 6.54 Å². The van der Waals surface area contributed by atoms with Crippen LogP contribution < -0.4 is 5.32 Å². The molecule has 2 heterocycles. The van der Waals surface area contributed by atoms with E-state index in [0.717, 1.165) is 29.8 Å². The summed E-state index contributed by atoms with van der Waals surface area (Å²) in [6, 6.07) is 17.1. The molecule has 0 fully saturated rings. The van der Waals surface area contributed by atoms with Crippen molar-refractivity contribution in [2.45, 2.75) is 33.2 Å². The zero-order valence-corrected chi connectivity index (χ0v) is 17.5. The number of rotatable bonds is 4. The molecule has 0 radical (unpaired) electrons. The van der Waals surface area contributed by atoms with E-state index >= 15 is 0 Å². The lowest BCUT2D eigenvalue weighted by atomic mass is 9.93. The molecule has 0 aliphatic carbocycles. The first kappa shape index (κ1) is 18.9. The normalized spacial score (nSPS) is 16.6. The summed E-state index contributed by atoms with van der Waals surface area (Å²) in [5.74, 6) is 0.0506. The van der Waals surface area contributed by atoms with Gasteiger partial charge in [0.2, 0.25) is 5.91 Å².